The average Bonchev–Trinajstić information content (AvgIpc) is 2.87. The molecule has 2 heterocycles. The van der Waals surface area contributed by atoms with Gasteiger partial charge in [-0.2, -0.15) is 17.0 Å². The van der Waals surface area contributed by atoms with Crippen LogP contribution in [0.4, 0.5) is 0 Å². The van der Waals surface area contributed by atoms with Gasteiger partial charge in [0.15, 0.2) is 5.79 Å². The van der Waals surface area contributed by atoms with Gasteiger partial charge in [-0.3, -0.25) is 0 Å². The highest BCUT2D eigenvalue weighted by molar-refractivity contribution is 7.86. The Morgan fingerprint density at radius 2 is 1.55 bits per heavy atom. The maximum atomic E-state index is 12.6. The zero-order valence-corrected chi connectivity index (χ0v) is 13.3. The fourth-order valence-electron chi connectivity index (χ4n) is 2.85. The van der Waals surface area contributed by atoms with Crippen LogP contribution >= 0.6 is 0 Å². The molecule has 2 fully saturated rings. The molecule has 2 aliphatic rings. The van der Waals surface area contributed by atoms with Gasteiger partial charge in [0.05, 0.1) is 13.2 Å². The van der Waals surface area contributed by atoms with Gasteiger partial charge in [0.1, 0.15) is 0 Å². The third-order valence-corrected chi connectivity index (χ3v) is 5.93. The third kappa shape index (κ3) is 3.33. The second-order valence-corrected chi connectivity index (χ2v) is 7.34. The quantitative estimate of drug-likeness (QED) is 0.740. The summed E-state index contributed by atoms with van der Waals surface area (Å²) < 4.78 is 39.7. The number of nitrogens with zero attached hydrogens (tertiary/aromatic N) is 2. The predicted molar refractivity (Wildman–Crippen MR) is 76.5 cm³/mol. The van der Waals surface area contributed by atoms with E-state index in [1.165, 1.54) is 0 Å². The van der Waals surface area contributed by atoms with Crippen LogP contribution in [0.2, 0.25) is 0 Å². The molecule has 0 N–H and O–H groups in total. The minimum Gasteiger partial charge on any atom is -0.347 e. The van der Waals surface area contributed by atoms with Gasteiger partial charge in [-0.25, -0.2) is 0 Å². The molecular weight excluding hydrogens is 280 g/mol. The van der Waals surface area contributed by atoms with Crippen molar-refractivity contribution in [3.05, 3.63) is 0 Å². The summed E-state index contributed by atoms with van der Waals surface area (Å²) in [5, 5.41) is 0. The maximum Gasteiger partial charge on any atom is 0.281 e. The van der Waals surface area contributed by atoms with Gasteiger partial charge in [-0.1, -0.05) is 13.8 Å². The minimum atomic E-state index is -3.34. The molecule has 2 rings (SSSR count). The van der Waals surface area contributed by atoms with Crippen molar-refractivity contribution in [3.8, 4) is 0 Å². The van der Waals surface area contributed by atoms with Gasteiger partial charge in [-0.15, -0.1) is 0 Å². The predicted octanol–water partition coefficient (Wildman–Crippen LogP) is 1.19. The molecule has 0 unspecified atom stereocenters. The first-order valence-electron chi connectivity index (χ1n) is 7.57. The van der Waals surface area contributed by atoms with Crippen LogP contribution < -0.4 is 0 Å². The molecule has 2 saturated heterocycles. The first kappa shape index (κ1) is 16.2. The summed E-state index contributed by atoms with van der Waals surface area (Å²) in [6.07, 6.45) is 2.92. The van der Waals surface area contributed by atoms with Crippen molar-refractivity contribution in [1.29, 1.82) is 0 Å². The molecule has 7 heteroatoms. The fraction of sp³-hybridized carbons (Fsp3) is 1.00. The number of hydrogen-bond acceptors (Lipinski definition) is 4. The standard InChI is InChI=1S/C13H26N2O4S/c1-3-7-14(8-4-2)20(16,17)15-9-5-13(6-10-15)18-11-12-19-13/h3-12H2,1-2H3. The molecule has 0 radical (unpaired) electrons. The van der Waals surface area contributed by atoms with Crippen molar-refractivity contribution < 1.29 is 17.9 Å². The van der Waals surface area contributed by atoms with Crippen LogP contribution in [0, 0.1) is 0 Å². The number of rotatable bonds is 6. The smallest absolute Gasteiger partial charge is 0.281 e. The molecule has 0 aliphatic carbocycles. The zero-order chi connectivity index (χ0) is 14.6. The van der Waals surface area contributed by atoms with E-state index in [1.807, 2.05) is 13.8 Å². The van der Waals surface area contributed by atoms with E-state index in [0.717, 1.165) is 12.8 Å². The zero-order valence-electron chi connectivity index (χ0n) is 12.5. The molecule has 20 heavy (non-hydrogen) atoms. The summed E-state index contributed by atoms with van der Waals surface area (Å²) in [6, 6.07) is 0. The summed E-state index contributed by atoms with van der Waals surface area (Å²) in [4.78, 5) is 0. The van der Waals surface area contributed by atoms with Crippen LogP contribution in [0.3, 0.4) is 0 Å². The topological polar surface area (TPSA) is 59.1 Å². The Hall–Kier alpha value is -0.210. The van der Waals surface area contributed by atoms with E-state index in [-0.39, 0.29) is 0 Å². The molecule has 118 valence electrons. The van der Waals surface area contributed by atoms with Gasteiger partial charge < -0.3 is 9.47 Å². The van der Waals surface area contributed by atoms with Gasteiger partial charge in [0.25, 0.3) is 10.2 Å². The van der Waals surface area contributed by atoms with Gasteiger partial charge in [-0.05, 0) is 12.8 Å². The van der Waals surface area contributed by atoms with Crippen molar-refractivity contribution in [2.45, 2.75) is 45.3 Å². The van der Waals surface area contributed by atoms with E-state index in [0.29, 0.717) is 52.2 Å². The Balaban J connectivity index is 1.99. The second kappa shape index (κ2) is 6.70. The van der Waals surface area contributed by atoms with E-state index in [9.17, 15) is 8.42 Å². The molecule has 0 aromatic carbocycles. The highest BCUT2D eigenvalue weighted by Gasteiger charge is 2.43. The van der Waals surface area contributed by atoms with Gasteiger partial charge in [0.2, 0.25) is 0 Å². The molecule has 0 amide bonds. The number of piperidine rings is 1. The second-order valence-electron chi connectivity index (χ2n) is 5.41. The van der Waals surface area contributed by atoms with E-state index in [4.69, 9.17) is 9.47 Å². The largest absolute Gasteiger partial charge is 0.347 e. The number of hydrogen-bond donors (Lipinski definition) is 0. The Bertz CT molecular complexity index is 391. The van der Waals surface area contributed by atoms with E-state index in [2.05, 4.69) is 0 Å². The highest BCUT2D eigenvalue weighted by Crippen LogP contribution is 2.32. The minimum absolute atomic E-state index is 0.478. The van der Waals surface area contributed by atoms with Crippen molar-refractivity contribution in [2.75, 3.05) is 39.4 Å². The lowest BCUT2D eigenvalue weighted by Gasteiger charge is -2.38. The van der Waals surface area contributed by atoms with Crippen molar-refractivity contribution in [2.24, 2.45) is 0 Å². The Kier molecular flexibility index (Phi) is 5.42. The summed E-state index contributed by atoms with van der Waals surface area (Å²) in [7, 11) is -3.34. The van der Waals surface area contributed by atoms with Gasteiger partial charge >= 0.3 is 0 Å². The van der Waals surface area contributed by atoms with E-state index < -0.39 is 16.0 Å². The normalized spacial score (nSPS) is 23.8. The molecule has 0 atom stereocenters. The monoisotopic (exact) mass is 306 g/mol. The van der Waals surface area contributed by atoms with Crippen LogP contribution in [0.5, 0.6) is 0 Å². The summed E-state index contributed by atoms with van der Waals surface area (Å²) in [5.74, 6) is -0.521. The summed E-state index contributed by atoms with van der Waals surface area (Å²) in [5.41, 5.74) is 0. The van der Waals surface area contributed by atoms with Crippen molar-refractivity contribution in [3.63, 3.8) is 0 Å². The highest BCUT2D eigenvalue weighted by atomic mass is 32.2. The molecule has 0 aromatic heterocycles. The van der Waals surface area contributed by atoms with Crippen molar-refractivity contribution in [1.82, 2.24) is 8.61 Å². The van der Waals surface area contributed by atoms with Crippen LogP contribution in [0.1, 0.15) is 39.5 Å². The molecule has 6 nitrogen and oxygen atoms in total. The lowest BCUT2D eigenvalue weighted by molar-refractivity contribution is -0.179. The van der Waals surface area contributed by atoms with Crippen LogP contribution in [-0.2, 0) is 19.7 Å². The molecule has 2 aliphatic heterocycles. The third-order valence-electron chi connectivity index (χ3n) is 3.90. The molecular formula is C13H26N2O4S. The van der Waals surface area contributed by atoms with Crippen LogP contribution in [-0.4, -0.2) is 62.2 Å². The Morgan fingerprint density at radius 1 is 1.05 bits per heavy atom. The molecule has 0 bridgehead atoms. The Labute approximate surface area is 122 Å². The number of ether oxygens (including phenoxy) is 2. The summed E-state index contributed by atoms with van der Waals surface area (Å²) >= 11 is 0. The first-order valence-corrected chi connectivity index (χ1v) is 8.97. The van der Waals surface area contributed by atoms with Crippen LogP contribution in [0.25, 0.3) is 0 Å². The fourth-order valence-corrected chi connectivity index (χ4v) is 4.65. The van der Waals surface area contributed by atoms with E-state index >= 15 is 0 Å². The lowest BCUT2D eigenvalue weighted by atomic mass is 10.1. The average molecular weight is 306 g/mol. The SMILES string of the molecule is CCCN(CCC)S(=O)(=O)N1CCC2(CC1)OCCO2. The van der Waals surface area contributed by atoms with Crippen molar-refractivity contribution >= 4 is 10.2 Å². The molecule has 0 saturated carbocycles. The Morgan fingerprint density at radius 3 is 2.00 bits per heavy atom. The van der Waals surface area contributed by atoms with Gasteiger partial charge in [0, 0.05) is 39.0 Å². The first-order chi connectivity index (χ1) is 9.54. The molecule has 1 spiro atoms. The summed E-state index contributed by atoms with van der Waals surface area (Å²) in [6.45, 7) is 7.37. The van der Waals surface area contributed by atoms with Crippen LogP contribution in [0.15, 0.2) is 0 Å². The van der Waals surface area contributed by atoms with E-state index in [1.54, 1.807) is 8.61 Å². The lowest BCUT2D eigenvalue weighted by Crippen LogP contribution is -2.52. The molecule has 0 aromatic rings. The maximum absolute atomic E-state index is 12.6.